The normalized spacial score (nSPS) is 12.9. The Morgan fingerprint density at radius 1 is 0.344 bits per heavy atom. The molecule has 0 aromatic carbocycles. The Morgan fingerprint density at radius 2 is 0.656 bits per heavy atom. The maximum atomic E-state index is 12.8. The van der Waals surface area contributed by atoms with Crippen LogP contribution in [0.25, 0.3) is 0 Å². The van der Waals surface area contributed by atoms with E-state index in [1.165, 1.54) is 64.2 Å². The third-order valence-corrected chi connectivity index (χ3v) is 10.8. The SMILES string of the molecule is CC/C=C\C/C=C\C/C=C\CCCCCCCCC(=O)OC(COC(=O)CCCC/C=C\C/C=C\C/C=C\CC)COC(=O)CCCCCCC/C=C\C=C/CCCCCCCCC. The maximum Gasteiger partial charge on any atom is 0.306 e. The van der Waals surface area contributed by atoms with Gasteiger partial charge in [-0.15, -0.1) is 0 Å². The third kappa shape index (κ3) is 49.3. The first-order chi connectivity index (χ1) is 31.5. The number of esters is 3. The first-order valence-electron chi connectivity index (χ1n) is 26.3. The van der Waals surface area contributed by atoms with Crippen LogP contribution in [0.5, 0.6) is 0 Å². The van der Waals surface area contributed by atoms with Gasteiger partial charge in [-0.3, -0.25) is 14.4 Å². The fourth-order valence-corrected chi connectivity index (χ4v) is 6.93. The summed E-state index contributed by atoms with van der Waals surface area (Å²) >= 11 is 0. The summed E-state index contributed by atoms with van der Waals surface area (Å²) in [5.74, 6) is -0.975. The topological polar surface area (TPSA) is 78.9 Å². The Kier molecular flexibility index (Phi) is 49.0. The van der Waals surface area contributed by atoms with Gasteiger partial charge in [-0.05, 0) is 109 Å². The molecule has 0 saturated carbocycles. The molecule has 0 heterocycles. The van der Waals surface area contributed by atoms with Gasteiger partial charge in [0, 0.05) is 19.3 Å². The van der Waals surface area contributed by atoms with Crippen molar-refractivity contribution >= 4 is 17.9 Å². The van der Waals surface area contributed by atoms with Crippen molar-refractivity contribution in [2.24, 2.45) is 0 Å². The molecule has 0 rings (SSSR count). The van der Waals surface area contributed by atoms with Crippen LogP contribution in [0, 0.1) is 0 Å². The van der Waals surface area contributed by atoms with Crippen molar-refractivity contribution in [1.82, 2.24) is 0 Å². The van der Waals surface area contributed by atoms with E-state index < -0.39 is 6.10 Å². The molecule has 0 aliphatic carbocycles. The molecule has 364 valence electrons. The molecule has 1 unspecified atom stereocenters. The second-order valence-corrected chi connectivity index (χ2v) is 17.0. The van der Waals surface area contributed by atoms with E-state index in [4.69, 9.17) is 14.2 Å². The van der Waals surface area contributed by atoms with Crippen LogP contribution >= 0.6 is 0 Å². The van der Waals surface area contributed by atoms with Gasteiger partial charge in [0.25, 0.3) is 0 Å². The van der Waals surface area contributed by atoms with E-state index in [0.29, 0.717) is 19.3 Å². The fraction of sp³-hybridized carbons (Fsp3) is 0.672. The molecule has 0 amide bonds. The summed E-state index contributed by atoms with van der Waals surface area (Å²) in [5, 5.41) is 0. The number of hydrogen-bond donors (Lipinski definition) is 0. The van der Waals surface area contributed by atoms with Crippen molar-refractivity contribution in [3.63, 3.8) is 0 Å². The molecule has 0 aromatic heterocycles. The van der Waals surface area contributed by atoms with Crippen LogP contribution in [0.1, 0.15) is 233 Å². The Hall–Kier alpha value is -3.67. The number of unbranched alkanes of at least 4 members (excludes halogenated alkanes) is 20. The molecule has 6 heteroatoms. The van der Waals surface area contributed by atoms with Crippen molar-refractivity contribution < 1.29 is 28.6 Å². The van der Waals surface area contributed by atoms with Gasteiger partial charge in [-0.1, -0.05) is 201 Å². The predicted octanol–water partition coefficient (Wildman–Crippen LogP) is 17.4. The molecular weight excluding hydrogens is 793 g/mol. The summed E-state index contributed by atoms with van der Waals surface area (Å²) in [4.78, 5) is 38.0. The number of carbonyl (C=O) groups is 3. The summed E-state index contributed by atoms with van der Waals surface area (Å²) in [7, 11) is 0. The largest absolute Gasteiger partial charge is 0.462 e. The molecule has 0 radical (unpaired) electrons. The molecule has 0 aromatic rings. The van der Waals surface area contributed by atoms with Crippen molar-refractivity contribution in [3.05, 3.63) is 97.2 Å². The van der Waals surface area contributed by atoms with Crippen molar-refractivity contribution in [2.75, 3.05) is 13.2 Å². The van der Waals surface area contributed by atoms with Crippen LogP contribution in [0.2, 0.25) is 0 Å². The molecule has 0 spiro atoms. The average Bonchev–Trinajstić information content (AvgIpc) is 3.29. The summed E-state index contributed by atoms with van der Waals surface area (Å²) in [6.45, 7) is 6.34. The van der Waals surface area contributed by atoms with E-state index in [0.717, 1.165) is 128 Å². The fourth-order valence-electron chi connectivity index (χ4n) is 6.93. The quantitative estimate of drug-likeness (QED) is 0.0199. The van der Waals surface area contributed by atoms with Gasteiger partial charge < -0.3 is 14.2 Å². The zero-order valence-electron chi connectivity index (χ0n) is 41.5. The van der Waals surface area contributed by atoms with Gasteiger partial charge in [0.2, 0.25) is 0 Å². The summed E-state index contributed by atoms with van der Waals surface area (Å²) in [6, 6.07) is 0. The van der Waals surface area contributed by atoms with E-state index >= 15 is 0 Å². The molecule has 6 nitrogen and oxygen atoms in total. The average molecular weight is 889 g/mol. The second kappa shape index (κ2) is 52.0. The lowest BCUT2D eigenvalue weighted by molar-refractivity contribution is -0.167. The van der Waals surface area contributed by atoms with E-state index in [9.17, 15) is 14.4 Å². The summed E-state index contributed by atoms with van der Waals surface area (Å²) in [5.41, 5.74) is 0. The minimum Gasteiger partial charge on any atom is -0.462 e. The van der Waals surface area contributed by atoms with Crippen LogP contribution in [-0.4, -0.2) is 37.2 Å². The summed E-state index contributed by atoms with van der Waals surface area (Å²) < 4.78 is 16.7. The number of ether oxygens (including phenoxy) is 3. The Bertz CT molecular complexity index is 1300. The lowest BCUT2D eigenvalue weighted by Gasteiger charge is -2.18. The number of allylic oxidation sites excluding steroid dienone is 16. The van der Waals surface area contributed by atoms with E-state index in [-0.39, 0.29) is 31.1 Å². The van der Waals surface area contributed by atoms with E-state index in [1.54, 1.807) is 0 Å². The van der Waals surface area contributed by atoms with Gasteiger partial charge in [0.1, 0.15) is 13.2 Å². The number of rotatable bonds is 46. The lowest BCUT2D eigenvalue weighted by Crippen LogP contribution is -2.30. The second-order valence-electron chi connectivity index (χ2n) is 17.0. The van der Waals surface area contributed by atoms with Crippen LogP contribution in [-0.2, 0) is 28.6 Å². The monoisotopic (exact) mass is 889 g/mol. The molecule has 64 heavy (non-hydrogen) atoms. The van der Waals surface area contributed by atoms with Crippen molar-refractivity contribution in [2.45, 2.75) is 239 Å². The van der Waals surface area contributed by atoms with Crippen molar-refractivity contribution in [1.29, 1.82) is 0 Å². The highest BCUT2D eigenvalue weighted by atomic mass is 16.6. The first-order valence-corrected chi connectivity index (χ1v) is 26.3. The smallest absolute Gasteiger partial charge is 0.306 e. The van der Waals surface area contributed by atoms with Gasteiger partial charge in [0.05, 0.1) is 0 Å². The van der Waals surface area contributed by atoms with Gasteiger partial charge in [-0.2, -0.15) is 0 Å². The third-order valence-electron chi connectivity index (χ3n) is 10.8. The summed E-state index contributed by atoms with van der Waals surface area (Å²) in [6.07, 6.45) is 68.2. The minimum absolute atomic E-state index is 0.104. The number of carbonyl (C=O) groups excluding carboxylic acids is 3. The van der Waals surface area contributed by atoms with Gasteiger partial charge >= 0.3 is 17.9 Å². The van der Waals surface area contributed by atoms with Crippen molar-refractivity contribution in [3.8, 4) is 0 Å². The molecule has 0 fully saturated rings. The lowest BCUT2D eigenvalue weighted by atomic mass is 10.1. The zero-order valence-corrected chi connectivity index (χ0v) is 41.5. The molecule has 0 N–H and O–H groups in total. The molecule has 1 atom stereocenters. The molecule has 0 saturated heterocycles. The molecule has 0 aliphatic rings. The highest BCUT2D eigenvalue weighted by Crippen LogP contribution is 2.13. The van der Waals surface area contributed by atoms with Crippen LogP contribution < -0.4 is 0 Å². The van der Waals surface area contributed by atoms with Gasteiger partial charge in [-0.25, -0.2) is 0 Å². The molecule has 0 bridgehead atoms. The highest BCUT2D eigenvalue weighted by Gasteiger charge is 2.19. The number of hydrogen-bond acceptors (Lipinski definition) is 6. The Labute approximate surface area is 394 Å². The van der Waals surface area contributed by atoms with Gasteiger partial charge in [0.15, 0.2) is 6.10 Å². The Balaban J connectivity index is 4.46. The zero-order chi connectivity index (χ0) is 46.5. The Morgan fingerprint density at radius 3 is 1.08 bits per heavy atom. The molecule has 0 aliphatic heterocycles. The maximum absolute atomic E-state index is 12.8. The standard InChI is InChI=1S/C58H96O6/c1-4-7-10-13-16-19-22-25-27-29-30-32-33-36-39-42-45-48-51-57(60)63-54-55(53-62-56(59)50-47-44-41-38-35-24-21-18-15-12-9-6-3)64-58(61)52-49-46-43-40-37-34-31-28-26-23-20-17-14-11-8-5-2/h8-9,11-12,17-18,20-21,26-30,32,35,38,55H,4-7,10,13-16,19,22-25,31,33-34,36-37,39-54H2,1-3H3/b11-8-,12-9-,20-17-,21-18-,28-26-,29-27-,32-30-,38-35-. The predicted molar refractivity (Wildman–Crippen MR) is 274 cm³/mol. The molecular formula is C58H96O6. The van der Waals surface area contributed by atoms with Crippen LogP contribution in [0.15, 0.2) is 97.2 Å². The van der Waals surface area contributed by atoms with Crippen LogP contribution in [0.4, 0.5) is 0 Å². The van der Waals surface area contributed by atoms with E-state index in [1.807, 2.05) is 0 Å². The highest BCUT2D eigenvalue weighted by molar-refractivity contribution is 5.71. The van der Waals surface area contributed by atoms with E-state index in [2.05, 4.69) is 118 Å². The first kappa shape index (κ1) is 60.3. The van der Waals surface area contributed by atoms with Crippen LogP contribution in [0.3, 0.4) is 0 Å². The minimum atomic E-state index is -0.807.